The molecule has 0 saturated heterocycles. The zero-order valence-electron chi connectivity index (χ0n) is 11.9. The Hall–Kier alpha value is -1.91. The summed E-state index contributed by atoms with van der Waals surface area (Å²) >= 11 is 5.36. The molecule has 2 rings (SSSR count). The molecule has 2 aromatic rings. The molecule has 110 valence electrons. The van der Waals surface area contributed by atoms with Crippen LogP contribution in [-0.4, -0.2) is 29.7 Å². The number of carbonyl (C=O) groups is 2. The minimum atomic E-state index is -0.994. The van der Waals surface area contributed by atoms with Gasteiger partial charge in [-0.15, -0.1) is 0 Å². The highest BCUT2D eigenvalue weighted by Crippen LogP contribution is 2.31. The number of ether oxygens (including phenoxy) is 1. The first-order chi connectivity index (χ1) is 10.1. The van der Waals surface area contributed by atoms with Crippen molar-refractivity contribution in [2.45, 2.75) is 13.3 Å². The highest BCUT2D eigenvalue weighted by atomic mass is 35.5. The summed E-state index contributed by atoms with van der Waals surface area (Å²) in [5.41, 5.74) is 3.64. The summed E-state index contributed by atoms with van der Waals surface area (Å²) in [5.74, 6) is -0.720. The number of H-pyrrole nitrogens is 1. The van der Waals surface area contributed by atoms with Crippen LogP contribution < -0.4 is 0 Å². The minimum absolute atomic E-state index is 0.241. The molecule has 21 heavy (non-hydrogen) atoms. The average molecular weight is 306 g/mol. The zero-order chi connectivity index (χ0) is 15.4. The van der Waals surface area contributed by atoms with Gasteiger partial charge >= 0.3 is 0 Å². The molecule has 1 aromatic carbocycles. The average Bonchev–Trinajstić information content (AvgIpc) is 2.81. The SMILES string of the molecule is COCCc1c(C)[nH]c(C(=O)C(=O)Cl)c1-c1ccccc1. The molecule has 0 unspecified atom stereocenters. The summed E-state index contributed by atoms with van der Waals surface area (Å²) in [6.45, 7) is 2.40. The molecule has 0 spiro atoms. The van der Waals surface area contributed by atoms with Crippen molar-refractivity contribution in [3.05, 3.63) is 47.3 Å². The van der Waals surface area contributed by atoms with Crippen LogP contribution in [0, 0.1) is 6.92 Å². The summed E-state index contributed by atoms with van der Waals surface area (Å²) < 4.78 is 5.12. The van der Waals surface area contributed by atoms with E-state index >= 15 is 0 Å². The molecular weight excluding hydrogens is 290 g/mol. The number of hydrogen-bond acceptors (Lipinski definition) is 3. The molecule has 0 bridgehead atoms. The molecular formula is C16H16ClNO3. The monoisotopic (exact) mass is 305 g/mol. The minimum Gasteiger partial charge on any atom is -0.384 e. The number of hydrogen-bond donors (Lipinski definition) is 1. The van der Waals surface area contributed by atoms with Crippen molar-refractivity contribution in [1.29, 1.82) is 0 Å². The second-order valence-corrected chi connectivity index (χ2v) is 5.03. The molecule has 0 radical (unpaired) electrons. The first kappa shape index (κ1) is 15.5. The quantitative estimate of drug-likeness (QED) is 0.507. The van der Waals surface area contributed by atoms with E-state index in [9.17, 15) is 9.59 Å². The van der Waals surface area contributed by atoms with Crippen molar-refractivity contribution in [1.82, 2.24) is 4.98 Å². The van der Waals surface area contributed by atoms with Crippen molar-refractivity contribution in [3.8, 4) is 11.1 Å². The van der Waals surface area contributed by atoms with Crippen LogP contribution in [-0.2, 0) is 16.0 Å². The van der Waals surface area contributed by atoms with Crippen molar-refractivity contribution >= 4 is 22.6 Å². The molecule has 1 aromatic heterocycles. The molecule has 1 heterocycles. The number of benzene rings is 1. The number of ketones is 1. The van der Waals surface area contributed by atoms with Gasteiger partial charge in [-0.25, -0.2) is 0 Å². The summed E-state index contributed by atoms with van der Waals surface area (Å²) in [5, 5.41) is -0.994. The van der Waals surface area contributed by atoms with Crippen LogP contribution in [0.4, 0.5) is 0 Å². The number of Topliss-reactive ketones (excluding diaryl/α,β-unsaturated/α-hetero) is 1. The van der Waals surface area contributed by atoms with Crippen LogP contribution in [0.3, 0.4) is 0 Å². The van der Waals surface area contributed by atoms with E-state index in [0.29, 0.717) is 13.0 Å². The van der Waals surface area contributed by atoms with Gasteiger partial charge in [0.1, 0.15) is 0 Å². The molecule has 0 amide bonds. The van der Waals surface area contributed by atoms with Crippen LogP contribution in [0.15, 0.2) is 30.3 Å². The zero-order valence-corrected chi connectivity index (χ0v) is 12.7. The lowest BCUT2D eigenvalue weighted by atomic mass is 9.97. The Morgan fingerprint density at radius 1 is 1.24 bits per heavy atom. The second kappa shape index (κ2) is 6.70. The third-order valence-electron chi connectivity index (χ3n) is 3.34. The van der Waals surface area contributed by atoms with E-state index in [1.54, 1.807) is 7.11 Å². The predicted molar refractivity (Wildman–Crippen MR) is 81.7 cm³/mol. The van der Waals surface area contributed by atoms with E-state index in [-0.39, 0.29) is 5.69 Å². The van der Waals surface area contributed by atoms with E-state index < -0.39 is 11.0 Å². The number of aryl methyl sites for hydroxylation is 1. The Bertz CT molecular complexity index is 662. The number of halogens is 1. The number of methoxy groups -OCH3 is 1. The molecule has 0 atom stereocenters. The maximum Gasteiger partial charge on any atom is 0.294 e. The summed E-state index contributed by atoms with van der Waals surface area (Å²) in [7, 11) is 1.62. The maximum atomic E-state index is 12.0. The lowest BCUT2D eigenvalue weighted by Gasteiger charge is -2.07. The van der Waals surface area contributed by atoms with Crippen molar-refractivity contribution in [3.63, 3.8) is 0 Å². The van der Waals surface area contributed by atoms with Crippen molar-refractivity contribution < 1.29 is 14.3 Å². The van der Waals surface area contributed by atoms with Crippen LogP contribution >= 0.6 is 11.6 Å². The third-order valence-corrected chi connectivity index (χ3v) is 3.51. The Kier molecular flexibility index (Phi) is 4.94. The molecule has 0 saturated carbocycles. The van der Waals surface area contributed by atoms with E-state index in [2.05, 4.69) is 4.98 Å². The Balaban J connectivity index is 2.61. The fraction of sp³-hybridized carbons (Fsp3) is 0.250. The lowest BCUT2D eigenvalue weighted by Crippen LogP contribution is -2.09. The van der Waals surface area contributed by atoms with Gasteiger partial charge in [0.2, 0.25) is 0 Å². The van der Waals surface area contributed by atoms with Crippen LogP contribution in [0.5, 0.6) is 0 Å². The molecule has 0 aliphatic heterocycles. The molecule has 1 N–H and O–H groups in total. The van der Waals surface area contributed by atoms with Gasteiger partial charge in [-0.05, 0) is 36.1 Å². The van der Waals surface area contributed by atoms with Gasteiger partial charge in [0.25, 0.3) is 11.0 Å². The fourth-order valence-electron chi connectivity index (χ4n) is 2.37. The van der Waals surface area contributed by atoms with Gasteiger partial charge in [-0.2, -0.15) is 0 Å². The van der Waals surface area contributed by atoms with Crippen LogP contribution in [0.2, 0.25) is 0 Å². The van der Waals surface area contributed by atoms with Crippen molar-refractivity contribution in [2.75, 3.05) is 13.7 Å². The van der Waals surface area contributed by atoms with Crippen LogP contribution in [0.25, 0.3) is 11.1 Å². The molecule has 0 aliphatic rings. The Labute approximate surface area is 128 Å². The third kappa shape index (κ3) is 3.23. The number of aromatic nitrogens is 1. The molecule has 0 fully saturated rings. The highest BCUT2D eigenvalue weighted by Gasteiger charge is 2.24. The van der Waals surface area contributed by atoms with E-state index in [4.69, 9.17) is 16.3 Å². The topological polar surface area (TPSA) is 59.2 Å². The number of carbonyl (C=O) groups excluding carboxylic acids is 2. The standard InChI is InChI=1S/C16H16ClNO3/c1-10-12(8-9-21-2)13(11-6-4-3-5-7-11)14(18-10)15(19)16(17)20/h3-7,18H,8-9H2,1-2H3. The normalized spacial score (nSPS) is 10.6. The van der Waals surface area contributed by atoms with Gasteiger partial charge in [-0.3, -0.25) is 9.59 Å². The summed E-state index contributed by atoms with van der Waals surface area (Å²) in [4.78, 5) is 26.3. The molecule has 0 aliphatic carbocycles. The Morgan fingerprint density at radius 2 is 1.90 bits per heavy atom. The Morgan fingerprint density at radius 3 is 2.48 bits per heavy atom. The number of rotatable bonds is 6. The van der Waals surface area contributed by atoms with Gasteiger partial charge < -0.3 is 9.72 Å². The van der Waals surface area contributed by atoms with Crippen LogP contribution in [0.1, 0.15) is 21.7 Å². The van der Waals surface area contributed by atoms with Crippen molar-refractivity contribution in [2.24, 2.45) is 0 Å². The van der Waals surface area contributed by atoms with E-state index in [1.807, 2.05) is 37.3 Å². The van der Waals surface area contributed by atoms with Gasteiger partial charge in [0, 0.05) is 18.4 Å². The predicted octanol–water partition coefficient (Wildman–Crippen LogP) is 3.13. The molecule has 4 nitrogen and oxygen atoms in total. The van der Waals surface area contributed by atoms with E-state index in [0.717, 1.165) is 22.4 Å². The molecule has 5 heteroatoms. The first-order valence-corrected chi connectivity index (χ1v) is 6.94. The lowest BCUT2D eigenvalue weighted by molar-refractivity contribution is -0.108. The maximum absolute atomic E-state index is 12.0. The van der Waals surface area contributed by atoms with Gasteiger partial charge in [0.15, 0.2) is 0 Å². The van der Waals surface area contributed by atoms with E-state index in [1.165, 1.54) is 0 Å². The first-order valence-electron chi connectivity index (χ1n) is 6.56. The summed E-state index contributed by atoms with van der Waals surface area (Å²) in [6, 6.07) is 9.46. The summed E-state index contributed by atoms with van der Waals surface area (Å²) in [6.07, 6.45) is 0.646. The second-order valence-electron chi connectivity index (χ2n) is 4.69. The number of nitrogens with one attached hydrogen (secondary N) is 1. The highest BCUT2D eigenvalue weighted by molar-refractivity contribution is 6.83. The number of aromatic amines is 1. The van der Waals surface area contributed by atoms with Gasteiger partial charge in [-0.1, -0.05) is 30.3 Å². The largest absolute Gasteiger partial charge is 0.384 e. The smallest absolute Gasteiger partial charge is 0.294 e. The van der Waals surface area contributed by atoms with Gasteiger partial charge in [0.05, 0.1) is 12.3 Å². The fourth-order valence-corrected chi connectivity index (χ4v) is 2.47.